The smallest absolute Gasteiger partial charge is 0.276 e. The molecule has 1 unspecified atom stereocenters. The number of hydrogen-bond acceptors (Lipinski definition) is 7. The maximum atomic E-state index is 10.8. The van der Waals surface area contributed by atoms with Gasteiger partial charge in [0, 0.05) is 36.1 Å². The van der Waals surface area contributed by atoms with E-state index in [9.17, 15) is 10.1 Å². The van der Waals surface area contributed by atoms with Crippen molar-refractivity contribution in [2.24, 2.45) is 0 Å². The van der Waals surface area contributed by atoms with Crippen LogP contribution >= 0.6 is 23.5 Å². The Morgan fingerprint density at radius 1 is 1.47 bits per heavy atom. The van der Waals surface area contributed by atoms with Crippen LogP contribution in [-0.2, 0) is 0 Å². The zero-order valence-corrected chi connectivity index (χ0v) is 12.2. The lowest BCUT2D eigenvalue weighted by atomic mass is 10.3. The molecule has 2 rings (SSSR count). The number of aromatic nitrogens is 1. The number of nitrogens with one attached hydrogen (secondary N) is 2. The van der Waals surface area contributed by atoms with E-state index in [4.69, 9.17) is 0 Å². The van der Waals surface area contributed by atoms with Crippen LogP contribution < -0.4 is 10.6 Å². The van der Waals surface area contributed by atoms with Crippen LogP contribution in [0.15, 0.2) is 12.1 Å². The van der Waals surface area contributed by atoms with Crippen molar-refractivity contribution in [2.75, 3.05) is 41.5 Å². The highest BCUT2D eigenvalue weighted by Gasteiger charge is 2.15. The van der Waals surface area contributed by atoms with E-state index in [0.717, 1.165) is 12.3 Å². The summed E-state index contributed by atoms with van der Waals surface area (Å²) in [6.45, 7) is 0.787. The van der Waals surface area contributed by atoms with Crippen LogP contribution in [0.2, 0.25) is 0 Å². The summed E-state index contributed by atoms with van der Waals surface area (Å²) in [7, 11) is 1.70. The number of nitro groups is 1. The lowest BCUT2D eigenvalue weighted by Crippen LogP contribution is -2.23. The van der Waals surface area contributed by atoms with Gasteiger partial charge in [0.2, 0.25) is 0 Å². The summed E-state index contributed by atoms with van der Waals surface area (Å²) in [6, 6.07) is 2.90. The van der Waals surface area contributed by atoms with E-state index in [1.807, 2.05) is 23.5 Å². The largest absolute Gasteiger partial charge is 0.373 e. The van der Waals surface area contributed by atoms with Crippen molar-refractivity contribution < 1.29 is 4.92 Å². The number of nitrogens with zero attached hydrogens (tertiary/aromatic N) is 2. The summed E-state index contributed by atoms with van der Waals surface area (Å²) in [5, 5.41) is 17.4. The molecule has 2 heterocycles. The minimum atomic E-state index is -0.404. The molecule has 0 aromatic carbocycles. The summed E-state index contributed by atoms with van der Waals surface area (Å²) in [6.07, 6.45) is 0. The molecule has 0 amide bonds. The number of thioether (sulfide) groups is 2. The zero-order chi connectivity index (χ0) is 13.7. The van der Waals surface area contributed by atoms with Gasteiger partial charge in [-0.2, -0.15) is 23.5 Å². The van der Waals surface area contributed by atoms with Crippen molar-refractivity contribution >= 4 is 40.8 Å². The van der Waals surface area contributed by atoms with Gasteiger partial charge in [0.05, 0.1) is 17.1 Å². The second kappa shape index (κ2) is 6.85. The average molecular weight is 300 g/mol. The molecule has 0 saturated carbocycles. The fourth-order valence-corrected chi connectivity index (χ4v) is 4.32. The van der Waals surface area contributed by atoms with Crippen molar-refractivity contribution in [3.05, 3.63) is 22.2 Å². The minimum Gasteiger partial charge on any atom is -0.373 e. The van der Waals surface area contributed by atoms with E-state index in [1.165, 1.54) is 23.6 Å². The topological polar surface area (TPSA) is 80.1 Å². The van der Waals surface area contributed by atoms with Gasteiger partial charge in [0.15, 0.2) is 0 Å². The molecule has 104 valence electrons. The van der Waals surface area contributed by atoms with Crippen LogP contribution in [0.3, 0.4) is 0 Å². The fraction of sp³-hybridized carbons (Fsp3) is 0.545. The molecule has 1 fully saturated rings. The molecular formula is C11H16N4O2S2. The molecule has 19 heavy (non-hydrogen) atoms. The summed E-state index contributed by atoms with van der Waals surface area (Å²) in [5.74, 6) is 4.55. The van der Waals surface area contributed by atoms with Crippen molar-refractivity contribution in [3.8, 4) is 0 Å². The van der Waals surface area contributed by atoms with Crippen LogP contribution in [0.1, 0.15) is 0 Å². The van der Waals surface area contributed by atoms with Gasteiger partial charge in [-0.25, -0.2) is 4.98 Å². The van der Waals surface area contributed by atoms with Gasteiger partial charge in [0.25, 0.3) is 5.69 Å². The van der Waals surface area contributed by atoms with Crippen LogP contribution in [0, 0.1) is 10.1 Å². The normalized spacial score (nSPS) is 18.9. The third-order valence-corrected chi connectivity index (χ3v) is 5.52. The molecule has 1 saturated heterocycles. The van der Waals surface area contributed by atoms with Gasteiger partial charge in [-0.1, -0.05) is 0 Å². The van der Waals surface area contributed by atoms with E-state index in [-0.39, 0.29) is 5.69 Å². The second-order valence-electron chi connectivity index (χ2n) is 4.05. The Morgan fingerprint density at radius 3 is 2.89 bits per heavy atom. The van der Waals surface area contributed by atoms with Crippen LogP contribution in [-0.4, -0.2) is 46.0 Å². The Morgan fingerprint density at radius 2 is 2.26 bits per heavy atom. The molecule has 1 aliphatic heterocycles. The zero-order valence-electron chi connectivity index (χ0n) is 10.6. The molecule has 2 N–H and O–H groups in total. The number of rotatable bonds is 5. The molecule has 0 spiro atoms. The van der Waals surface area contributed by atoms with Crippen molar-refractivity contribution in [2.45, 2.75) is 5.25 Å². The number of pyridine rings is 1. The summed E-state index contributed by atoms with van der Waals surface area (Å²) < 4.78 is 0. The van der Waals surface area contributed by atoms with Gasteiger partial charge in [0.1, 0.15) is 11.6 Å². The highest BCUT2D eigenvalue weighted by atomic mass is 32.2. The van der Waals surface area contributed by atoms with Gasteiger partial charge >= 0.3 is 0 Å². The van der Waals surface area contributed by atoms with E-state index in [2.05, 4.69) is 15.6 Å². The van der Waals surface area contributed by atoms with Crippen molar-refractivity contribution in [1.29, 1.82) is 0 Å². The Bertz CT molecular complexity index is 452. The quantitative estimate of drug-likeness (QED) is 0.638. The van der Waals surface area contributed by atoms with Gasteiger partial charge < -0.3 is 10.6 Å². The second-order valence-corrected chi connectivity index (χ2v) is 6.61. The average Bonchev–Trinajstić information content (AvgIpc) is 2.45. The molecule has 1 atom stereocenters. The maximum absolute atomic E-state index is 10.8. The molecule has 0 bridgehead atoms. The van der Waals surface area contributed by atoms with E-state index >= 15 is 0 Å². The van der Waals surface area contributed by atoms with E-state index in [1.54, 1.807) is 7.05 Å². The third-order valence-electron chi connectivity index (χ3n) is 2.67. The lowest BCUT2D eigenvalue weighted by Gasteiger charge is -2.21. The first-order valence-corrected chi connectivity index (χ1v) is 8.17. The number of anilines is 2. The standard InChI is InChI=1S/C11H16N4O2S2/c1-12-10-4-8(15(16)17)5-11(14-10)13-6-9-7-18-2-3-19-9/h4-5,9H,2-3,6-7H2,1H3,(H2,12,13,14). The van der Waals surface area contributed by atoms with Gasteiger partial charge in [-0.05, 0) is 0 Å². The summed E-state index contributed by atoms with van der Waals surface area (Å²) in [5.41, 5.74) is 0.0486. The molecule has 8 heteroatoms. The molecule has 6 nitrogen and oxygen atoms in total. The molecule has 1 aromatic rings. The number of hydrogen-bond donors (Lipinski definition) is 2. The maximum Gasteiger partial charge on any atom is 0.276 e. The van der Waals surface area contributed by atoms with E-state index in [0.29, 0.717) is 16.9 Å². The third kappa shape index (κ3) is 4.17. The highest BCUT2D eigenvalue weighted by molar-refractivity contribution is 8.06. The fourth-order valence-electron chi connectivity index (χ4n) is 1.71. The van der Waals surface area contributed by atoms with Gasteiger partial charge in [-0.15, -0.1) is 0 Å². The Balaban J connectivity index is 2.02. The molecule has 1 aliphatic rings. The van der Waals surface area contributed by atoms with E-state index < -0.39 is 4.92 Å². The monoisotopic (exact) mass is 300 g/mol. The van der Waals surface area contributed by atoms with Crippen LogP contribution in [0.25, 0.3) is 0 Å². The summed E-state index contributed by atoms with van der Waals surface area (Å²) >= 11 is 3.89. The first-order chi connectivity index (χ1) is 9.19. The van der Waals surface area contributed by atoms with Crippen LogP contribution in [0.4, 0.5) is 17.3 Å². The highest BCUT2D eigenvalue weighted by Crippen LogP contribution is 2.25. The first kappa shape index (κ1) is 14.3. The first-order valence-electron chi connectivity index (χ1n) is 5.96. The molecule has 1 aromatic heterocycles. The Kier molecular flexibility index (Phi) is 5.15. The van der Waals surface area contributed by atoms with Crippen LogP contribution in [0.5, 0.6) is 0 Å². The molecule has 0 aliphatic carbocycles. The Labute approximate surface area is 120 Å². The van der Waals surface area contributed by atoms with Crippen molar-refractivity contribution in [3.63, 3.8) is 0 Å². The predicted molar refractivity (Wildman–Crippen MR) is 82.5 cm³/mol. The van der Waals surface area contributed by atoms with Crippen molar-refractivity contribution in [1.82, 2.24) is 4.98 Å². The summed E-state index contributed by atoms with van der Waals surface area (Å²) in [4.78, 5) is 14.7. The van der Waals surface area contributed by atoms with Gasteiger partial charge in [-0.3, -0.25) is 10.1 Å². The Hall–Kier alpha value is -1.15. The SMILES string of the molecule is CNc1cc([N+](=O)[O-])cc(NCC2CSCCS2)n1. The molecular weight excluding hydrogens is 284 g/mol. The minimum absolute atomic E-state index is 0.0486. The molecule has 0 radical (unpaired) electrons. The lowest BCUT2D eigenvalue weighted by molar-refractivity contribution is -0.384. The predicted octanol–water partition coefficient (Wildman–Crippen LogP) is 2.29.